The van der Waals surface area contributed by atoms with Gasteiger partial charge in [0.25, 0.3) is 11.6 Å². The second kappa shape index (κ2) is 6.35. The van der Waals surface area contributed by atoms with E-state index in [1.165, 1.54) is 0 Å². The van der Waals surface area contributed by atoms with Crippen molar-refractivity contribution in [2.24, 2.45) is 5.73 Å². The average Bonchev–Trinajstić information content (AvgIpc) is 2.84. The van der Waals surface area contributed by atoms with Crippen molar-refractivity contribution >= 4 is 33.3 Å². The number of anilines is 1. The predicted molar refractivity (Wildman–Crippen MR) is 78.0 cm³/mol. The first-order chi connectivity index (χ1) is 9.97. The summed E-state index contributed by atoms with van der Waals surface area (Å²) in [6.45, 7) is 0.436. The van der Waals surface area contributed by atoms with E-state index >= 15 is 0 Å². The molecule has 2 rings (SSSR count). The van der Waals surface area contributed by atoms with Gasteiger partial charge in [0, 0.05) is 19.0 Å². The summed E-state index contributed by atoms with van der Waals surface area (Å²) in [5.74, 6) is 0.171. The Balaban J connectivity index is 2.08. The van der Waals surface area contributed by atoms with Crippen molar-refractivity contribution < 1.29 is 14.1 Å². The van der Waals surface area contributed by atoms with E-state index in [4.69, 9.17) is 10.2 Å². The third-order valence-electron chi connectivity index (χ3n) is 2.64. The van der Waals surface area contributed by atoms with Gasteiger partial charge in [-0.25, -0.2) is 4.98 Å². The largest absolute Gasteiger partial charge is 0.454 e. The Morgan fingerprint density at radius 3 is 2.86 bits per heavy atom. The first-order valence-corrected chi connectivity index (χ1v) is 6.69. The lowest BCUT2D eigenvalue weighted by Gasteiger charge is -2.07. The molecule has 9 heteroatoms. The molecule has 0 atom stereocenters. The van der Waals surface area contributed by atoms with E-state index in [1.807, 2.05) is 6.07 Å². The molecule has 2 heterocycles. The number of aromatic nitrogens is 1. The quantitative estimate of drug-likeness (QED) is 0.604. The van der Waals surface area contributed by atoms with E-state index in [-0.39, 0.29) is 17.1 Å². The van der Waals surface area contributed by atoms with Crippen LogP contribution in [0.15, 0.2) is 33.5 Å². The highest BCUT2D eigenvalue weighted by Crippen LogP contribution is 2.19. The van der Waals surface area contributed by atoms with Crippen LogP contribution in [-0.4, -0.2) is 22.4 Å². The molecule has 0 fully saturated rings. The molecule has 0 bridgehead atoms. The fourth-order valence-corrected chi connectivity index (χ4v) is 2.01. The van der Waals surface area contributed by atoms with Gasteiger partial charge >= 0.3 is 0 Å². The zero-order chi connectivity index (χ0) is 15.4. The summed E-state index contributed by atoms with van der Waals surface area (Å²) >= 11 is 3.20. The first kappa shape index (κ1) is 15.0. The summed E-state index contributed by atoms with van der Waals surface area (Å²) in [5, 5.41) is 13.6. The van der Waals surface area contributed by atoms with Crippen LogP contribution in [0.2, 0.25) is 0 Å². The number of primary amides is 1. The molecular weight excluding hydrogens is 344 g/mol. The van der Waals surface area contributed by atoms with Crippen LogP contribution in [0.1, 0.15) is 16.1 Å². The lowest BCUT2D eigenvalue weighted by atomic mass is 10.2. The van der Waals surface area contributed by atoms with Gasteiger partial charge in [-0.15, -0.1) is 0 Å². The zero-order valence-electron chi connectivity index (χ0n) is 10.7. The number of nitrogens with one attached hydrogen (secondary N) is 1. The zero-order valence-corrected chi connectivity index (χ0v) is 12.3. The molecule has 2 aromatic rings. The van der Waals surface area contributed by atoms with Gasteiger partial charge in [0.1, 0.15) is 17.8 Å². The molecule has 0 aliphatic heterocycles. The second-order valence-electron chi connectivity index (χ2n) is 4.09. The fraction of sp³-hybridized carbons (Fsp3) is 0.167. The van der Waals surface area contributed by atoms with Crippen LogP contribution in [0.5, 0.6) is 0 Å². The van der Waals surface area contributed by atoms with Crippen LogP contribution in [-0.2, 0) is 6.42 Å². The Labute approximate surface area is 127 Å². The van der Waals surface area contributed by atoms with Gasteiger partial charge in [0.15, 0.2) is 4.67 Å². The van der Waals surface area contributed by atoms with E-state index in [0.29, 0.717) is 17.6 Å². The van der Waals surface area contributed by atoms with Crippen molar-refractivity contribution in [1.29, 1.82) is 0 Å². The van der Waals surface area contributed by atoms with Crippen LogP contribution in [0.4, 0.5) is 11.5 Å². The van der Waals surface area contributed by atoms with Crippen LogP contribution >= 0.6 is 15.9 Å². The molecule has 3 N–H and O–H groups in total. The first-order valence-electron chi connectivity index (χ1n) is 5.89. The topological polar surface area (TPSA) is 124 Å². The van der Waals surface area contributed by atoms with Crippen LogP contribution in [0.3, 0.4) is 0 Å². The standard InChI is InChI=1S/C12H11BrN4O4/c13-10-2-1-8(21-10)3-4-15-12-9(11(14)18)5-7(6-16-12)17(19)20/h1-2,5-6H,3-4H2,(H2,14,18)(H,15,16). The van der Waals surface area contributed by atoms with E-state index in [9.17, 15) is 14.9 Å². The number of furan rings is 1. The van der Waals surface area contributed by atoms with E-state index in [1.54, 1.807) is 6.07 Å². The summed E-state index contributed by atoms with van der Waals surface area (Å²) < 4.78 is 5.95. The minimum absolute atomic E-state index is 0.0233. The van der Waals surface area contributed by atoms with Gasteiger partial charge in [-0.1, -0.05) is 0 Å². The second-order valence-corrected chi connectivity index (χ2v) is 4.88. The normalized spacial score (nSPS) is 10.3. The van der Waals surface area contributed by atoms with Gasteiger partial charge < -0.3 is 15.5 Å². The number of nitro groups is 1. The number of pyridine rings is 1. The molecule has 0 saturated heterocycles. The monoisotopic (exact) mass is 354 g/mol. The smallest absolute Gasteiger partial charge is 0.288 e. The minimum Gasteiger partial charge on any atom is -0.454 e. The Hall–Kier alpha value is -2.42. The number of nitrogens with zero attached hydrogens (tertiary/aromatic N) is 2. The number of rotatable bonds is 6. The van der Waals surface area contributed by atoms with Gasteiger partial charge in [0.05, 0.1) is 10.5 Å². The Morgan fingerprint density at radius 2 is 2.29 bits per heavy atom. The minimum atomic E-state index is -0.783. The number of hydrogen-bond acceptors (Lipinski definition) is 6. The van der Waals surface area contributed by atoms with Gasteiger partial charge in [0.2, 0.25) is 0 Å². The maximum atomic E-state index is 11.3. The molecule has 0 aromatic carbocycles. The highest BCUT2D eigenvalue weighted by Gasteiger charge is 2.16. The summed E-state index contributed by atoms with van der Waals surface area (Å²) in [6, 6.07) is 4.68. The lowest BCUT2D eigenvalue weighted by Crippen LogP contribution is -2.17. The maximum Gasteiger partial charge on any atom is 0.288 e. The number of carbonyl (C=O) groups excluding carboxylic acids is 1. The number of carbonyl (C=O) groups is 1. The van der Waals surface area contributed by atoms with Gasteiger partial charge in [-0.05, 0) is 28.1 Å². The van der Waals surface area contributed by atoms with Crippen molar-refractivity contribution in [3.05, 3.63) is 50.5 Å². The molecular formula is C12H11BrN4O4. The highest BCUT2D eigenvalue weighted by atomic mass is 79.9. The third-order valence-corrected chi connectivity index (χ3v) is 3.07. The van der Waals surface area contributed by atoms with Crippen molar-refractivity contribution in [2.75, 3.05) is 11.9 Å². The SMILES string of the molecule is NC(=O)c1cc([N+](=O)[O-])cnc1NCCc1ccc(Br)o1. The molecule has 0 unspecified atom stereocenters. The van der Waals surface area contributed by atoms with Crippen molar-refractivity contribution in [2.45, 2.75) is 6.42 Å². The number of amides is 1. The Kier molecular flexibility index (Phi) is 4.53. The Bertz CT molecular complexity index is 686. The van der Waals surface area contributed by atoms with E-state index in [0.717, 1.165) is 18.0 Å². The Morgan fingerprint density at radius 1 is 1.52 bits per heavy atom. The molecule has 0 aliphatic rings. The molecule has 21 heavy (non-hydrogen) atoms. The van der Waals surface area contributed by atoms with Gasteiger partial charge in [-0.2, -0.15) is 0 Å². The summed E-state index contributed by atoms with van der Waals surface area (Å²) in [4.78, 5) is 25.2. The molecule has 0 saturated carbocycles. The predicted octanol–water partition coefficient (Wildman–Crippen LogP) is 2.10. The van der Waals surface area contributed by atoms with E-state index < -0.39 is 10.8 Å². The maximum absolute atomic E-state index is 11.3. The lowest BCUT2D eigenvalue weighted by molar-refractivity contribution is -0.385. The van der Waals surface area contributed by atoms with Gasteiger partial charge in [-0.3, -0.25) is 14.9 Å². The molecule has 110 valence electrons. The number of nitrogens with two attached hydrogens (primary N) is 1. The van der Waals surface area contributed by atoms with Crippen LogP contribution < -0.4 is 11.1 Å². The molecule has 2 aromatic heterocycles. The van der Waals surface area contributed by atoms with E-state index in [2.05, 4.69) is 26.2 Å². The third kappa shape index (κ3) is 3.78. The number of halogens is 1. The molecule has 0 radical (unpaired) electrons. The van der Waals surface area contributed by atoms with Crippen molar-refractivity contribution in [1.82, 2.24) is 4.98 Å². The van der Waals surface area contributed by atoms with Crippen molar-refractivity contribution in [3.8, 4) is 0 Å². The van der Waals surface area contributed by atoms with Crippen molar-refractivity contribution in [3.63, 3.8) is 0 Å². The highest BCUT2D eigenvalue weighted by molar-refractivity contribution is 9.10. The number of hydrogen-bond donors (Lipinski definition) is 2. The summed E-state index contributed by atoms with van der Waals surface area (Å²) in [5.41, 5.74) is 4.89. The average molecular weight is 355 g/mol. The molecule has 0 spiro atoms. The molecule has 1 amide bonds. The van der Waals surface area contributed by atoms with Crippen LogP contribution in [0.25, 0.3) is 0 Å². The van der Waals surface area contributed by atoms with Crippen LogP contribution in [0, 0.1) is 10.1 Å². The fourth-order valence-electron chi connectivity index (χ4n) is 1.67. The molecule has 0 aliphatic carbocycles. The summed E-state index contributed by atoms with van der Waals surface area (Å²) in [6.07, 6.45) is 1.63. The summed E-state index contributed by atoms with van der Waals surface area (Å²) in [7, 11) is 0. The molecule has 8 nitrogen and oxygen atoms in total.